The van der Waals surface area contributed by atoms with Crippen molar-refractivity contribution in [2.75, 3.05) is 18.1 Å². The number of aryl methyl sites for hydroxylation is 2. The summed E-state index contributed by atoms with van der Waals surface area (Å²) in [6.45, 7) is 5.47. The highest BCUT2D eigenvalue weighted by atomic mass is 79.9. The van der Waals surface area contributed by atoms with Gasteiger partial charge in [0, 0.05) is 6.61 Å². The van der Waals surface area contributed by atoms with Gasteiger partial charge in [-0.2, -0.15) is 0 Å². The van der Waals surface area contributed by atoms with Crippen LogP contribution in [0.1, 0.15) is 33.6 Å². The number of rotatable bonds is 4. The number of ether oxygens (including phenoxy) is 1. The summed E-state index contributed by atoms with van der Waals surface area (Å²) in [5.41, 5.74) is 3.32. The van der Waals surface area contributed by atoms with Gasteiger partial charge >= 0.3 is 0 Å². The molecule has 0 saturated carbocycles. The fourth-order valence-corrected chi connectivity index (χ4v) is 5.62. The number of carbonyl (C=O) groups is 1. The van der Waals surface area contributed by atoms with Crippen molar-refractivity contribution in [2.45, 2.75) is 32.8 Å². The molecule has 3 heterocycles. The van der Waals surface area contributed by atoms with Crippen LogP contribution in [0.4, 0.5) is 5.13 Å². The van der Waals surface area contributed by atoms with Crippen LogP contribution in [-0.4, -0.2) is 30.1 Å². The Morgan fingerprint density at radius 1 is 1.27 bits per heavy atom. The van der Waals surface area contributed by atoms with E-state index in [0.717, 1.165) is 44.1 Å². The van der Waals surface area contributed by atoms with E-state index in [0.29, 0.717) is 11.4 Å². The van der Waals surface area contributed by atoms with Crippen LogP contribution in [0, 0.1) is 13.8 Å². The lowest BCUT2D eigenvalue weighted by Gasteiger charge is -2.22. The van der Waals surface area contributed by atoms with Crippen molar-refractivity contribution in [2.24, 2.45) is 0 Å². The molecule has 1 aliphatic heterocycles. The third-order valence-corrected chi connectivity index (χ3v) is 7.43. The molecule has 3 aromatic rings. The van der Waals surface area contributed by atoms with E-state index in [2.05, 4.69) is 41.9 Å². The van der Waals surface area contributed by atoms with Gasteiger partial charge in [-0.3, -0.25) is 9.69 Å². The van der Waals surface area contributed by atoms with Crippen LogP contribution in [0.15, 0.2) is 28.1 Å². The number of fused-ring (bicyclic) bond motifs is 1. The van der Waals surface area contributed by atoms with Crippen LogP contribution >= 0.6 is 38.6 Å². The molecule has 1 amide bonds. The van der Waals surface area contributed by atoms with Crippen molar-refractivity contribution >= 4 is 59.9 Å². The van der Waals surface area contributed by atoms with E-state index in [1.165, 1.54) is 16.9 Å². The van der Waals surface area contributed by atoms with Crippen LogP contribution in [0.2, 0.25) is 0 Å². The first-order valence-corrected chi connectivity index (χ1v) is 11.0. The van der Waals surface area contributed by atoms with E-state index in [1.54, 1.807) is 16.2 Å². The van der Waals surface area contributed by atoms with Gasteiger partial charge in [0.1, 0.15) is 0 Å². The second kappa shape index (κ2) is 7.38. The van der Waals surface area contributed by atoms with Gasteiger partial charge < -0.3 is 4.74 Å². The van der Waals surface area contributed by atoms with E-state index in [4.69, 9.17) is 9.72 Å². The normalized spacial score (nSPS) is 17.1. The zero-order valence-corrected chi connectivity index (χ0v) is 17.8. The summed E-state index contributed by atoms with van der Waals surface area (Å²) in [6.07, 6.45) is 2.12. The van der Waals surface area contributed by atoms with Crippen molar-refractivity contribution in [3.8, 4) is 0 Å². The molecule has 1 atom stereocenters. The predicted molar refractivity (Wildman–Crippen MR) is 112 cm³/mol. The van der Waals surface area contributed by atoms with Crippen LogP contribution in [0.25, 0.3) is 10.2 Å². The number of halogens is 1. The maximum atomic E-state index is 13.2. The molecule has 1 fully saturated rings. The van der Waals surface area contributed by atoms with Gasteiger partial charge in [-0.05, 0) is 65.9 Å². The monoisotopic (exact) mass is 450 g/mol. The molecule has 0 bridgehead atoms. The Morgan fingerprint density at radius 3 is 2.73 bits per heavy atom. The Hall–Kier alpha value is -1.28. The second-order valence-corrected chi connectivity index (χ2v) is 9.97. The molecule has 0 spiro atoms. The molecule has 136 valence electrons. The summed E-state index contributed by atoms with van der Waals surface area (Å²) in [4.78, 5) is 20.6. The van der Waals surface area contributed by atoms with Gasteiger partial charge in [0.05, 0.1) is 31.5 Å². The average Bonchev–Trinajstić information content (AvgIpc) is 3.35. The number of carbonyl (C=O) groups excluding carboxylic acids is 1. The molecule has 0 aliphatic carbocycles. The van der Waals surface area contributed by atoms with Crippen LogP contribution in [0.3, 0.4) is 0 Å². The number of anilines is 1. The summed E-state index contributed by atoms with van der Waals surface area (Å²) in [5.74, 6) is -0.00874. The maximum Gasteiger partial charge on any atom is 0.270 e. The lowest BCUT2D eigenvalue weighted by Crippen LogP contribution is -2.37. The molecule has 4 rings (SSSR count). The number of nitrogens with zero attached hydrogens (tertiary/aromatic N) is 2. The zero-order chi connectivity index (χ0) is 18.3. The summed E-state index contributed by atoms with van der Waals surface area (Å²) in [6, 6.07) is 7.98. The van der Waals surface area contributed by atoms with E-state index in [-0.39, 0.29) is 12.0 Å². The minimum Gasteiger partial charge on any atom is -0.376 e. The lowest BCUT2D eigenvalue weighted by atomic mass is 10.1. The fraction of sp³-hybridized carbons (Fsp3) is 0.368. The summed E-state index contributed by atoms with van der Waals surface area (Å²) < 4.78 is 7.90. The topological polar surface area (TPSA) is 42.4 Å². The van der Waals surface area contributed by atoms with Gasteiger partial charge in [0.15, 0.2) is 5.13 Å². The van der Waals surface area contributed by atoms with E-state index in [9.17, 15) is 4.79 Å². The van der Waals surface area contributed by atoms with Crippen molar-refractivity contribution < 1.29 is 9.53 Å². The number of thiazole rings is 1. The standard InChI is InChI=1S/C19H19BrN2O2S2/c1-11-5-6-12(2)17-16(11)21-19(26-17)22(10-13-4-3-9-24-13)18(23)14-7-8-15(20)25-14/h5-8,13H,3-4,9-10H2,1-2H3. The smallest absolute Gasteiger partial charge is 0.270 e. The van der Waals surface area contributed by atoms with Gasteiger partial charge in [-0.15, -0.1) is 11.3 Å². The SMILES string of the molecule is Cc1ccc(C)c2sc(N(CC3CCCO3)C(=O)c3ccc(Br)s3)nc12. The molecule has 7 heteroatoms. The Morgan fingerprint density at radius 2 is 2.08 bits per heavy atom. The molecule has 1 aromatic carbocycles. The van der Waals surface area contributed by atoms with E-state index >= 15 is 0 Å². The molecule has 1 aliphatic rings. The summed E-state index contributed by atoms with van der Waals surface area (Å²) in [7, 11) is 0. The second-order valence-electron chi connectivity index (χ2n) is 6.53. The summed E-state index contributed by atoms with van der Waals surface area (Å²) in [5, 5.41) is 0.752. The highest BCUT2D eigenvalue weighted by Gasteiger charge is 2.28. The first-order valence-electron chi connectivity index (χ1n) is 8.58. The Bertz CT molecular complexity index is 921. The molecule has 1 unspecified atom stereocenters. The van der Waals surface area contributed by atoms with E-state index in [1.807, 2.05) is 12.1 Å². The average molecular weight is 451 g/mol. The number of hydrogen-bond donors (Lipinski definition) is 0. The Balaban J connectivity index is 1.75. The number of benzene rings is 1. The molecular weight excluding hydrogens is 432 g/mol. The molecule has 4 nitrogen and oxygen atoms in total. The number of hydrogen-bond acceptors (Lipinski definition) is 5. The fourth-order valence-electron chi connectivity index (χ4n) is 3.17. The van der Waals surface area contributed by atoms with Crippen LogP contribution in [0.5, 0.6) is 0 Å². The third kappa shape index (κ3) is 3.45. The molecule has 0 radical (unpaired) electrons. The number of thiophene rings is 1. The Labute approximate surface area is 168 Å². The van der Waals surface area contributed by atoms with Crippen LogP contribution < -0.4 is 4.90 Å². The minimum absolute atomic E-state index is 0.00874. The quantitative estimate of drug-likeness (QED) is 0.522. The maximum absolute atomic E-state index is 13.2. The third-order valence-electron chi connectivity index (χ3n) is 4.60. The highest BCUT2D eigenvalue weighted by molar-refractivity contribution is 9.11. The van der Waals surface area contributed by atoms with Crippen molar-refractivity contribution in [1.82, 2.24) is 4.98 Å². The van der Waals surface area contributed by atoms with Crippen molar-refractivity contribution in [3.05, 3.63) is 44.1 Å². The molecular formula is C19H19BrN2O2S2. The highest BCUT2D eigenvalue weighted by Crippen LogP contribution is 2.35. The van der Waals surface area contributed by atoms with Crippen molar-refractivity contribution in [3.63, 3.8) is 0 Å². The van der Waals surface area contributed by atoms with Crippen LogP contribution in [-0.2, 0) is 4.74 Å². The van der Waals surface area contributed by atoms with Crippen molar-refractivity contribution in [1.29, 1.82) is 0 Å². The first kappa shape index (κ1) is 18.1. The number of aromatic nitrogens is 1. The first-order chi connectivity index (χ1) is 12.5. The minimum atomic E-state index is -0.00874. The van der Waals surface area contributed by atoms with Gasteiger partial charge in [-0.25, -0.2) is 4.98 Å². The largest absolute Gasteiger partial charge is 0.376 e. The Kier molecular flexibility index (Phi) is 5.14. The molecule has 26 heavy (non-hydrogen) atoms. The van der Waals surface area contributed by atoms with E-state index < -0.39 is 0 Å². The molecule has 0 N–H and O–H groups in total. The van der Waals surface area contributed by atoms with Gasteiger partial charge in [0.2, 0.25) is 0 Å². The zero-order valence-electron chi connectivity index (χ0n) is 14.6. The molecule has 1 saturated heterocycles. The molecule has 2 aromatic heterocycles. The summed E-state index contributed by atoms with van der Waals surface area (Å²) >= 11 is 6.49. The van der Waals surface area contributed by atoms with Gasteiger partial charge in [0.25, 0.3) is 5.91 Å². The predicted octanol–water partition coefficient (Wildman–Crippen LogP) is 5.56. The number of amides is 1. The van der Waals surface area contributed by atoms with Gasteiger partial charge in [-0.1, -0.05) is 23.5 Å². The lowest BCUT2D eigenvalue weighted by molar-refractivity contribution is 0.0920.